The Balaban J connectivity index is 0. The van der Waals surface area contributed by atoms with Crippen LogP contribution >= 0.6 is 0 Å². The van der Waals surface area contributed by atoms with Gasteiger partial charge in [0.1, 0.15) is 0 Å². The zero-order valence-electron chi connectivity index (χ0n) is 13.0. The van der Waals surface area contributed by atoms with E-state index in [1.54, 1.807) is 14.2 Å². The highest BCUT2D eigenvalue weighted by molar-refractivity contribution is 5.46. The number of carbonyl (C=O) groups excluding carboxylic acids is 1. The van der Waals surface area contributed by atoms with Crippen molar-refractivity contribution in [3.05, 3.63) is 0 Å². The molecule has 0 heterocycles. The van der Waals surface area contributed by atoms with Crippen molar-refractivity contribution in [2.24, 2.45) is 5.92 Å². The Hall–Kier alpha value is -0.820. The van der Waals surface area contributed by atoms with Crippen LogP contribution in [0.2, 0.25) is 0 Å². The molecule has 20 heavy (non-hydrogen) atoms. The predicted molar refractivity (Wildman–Crippen MR) is 73.5 cm³/mol. The minimum atomic E-state index is -4.05. The van der Waals surface area contributed by atoms with Gasteiger partial charge in [-0.15, -0.1) is 0 Å². The topological polar surface area (TPSA) is 41.6 Å². The summed E-state index contributed by atoms with van der Waals surface area (Å²) >= 11 is 0. The number of alkyl halides is 3. The second-order valence-electron chi connectivity index (χ2n) is 5.16. The molecule has 0 spiro atoms. The van der Waals surface area contributed by atoms with Crippen LogP contribution in [-0.2, 0) is 9.53 Å². The first kappa shape index (κ1) is 21.5. The van der Waals surface area contributed by atoms with Crippen LogP contribution in [0.1, 0.15) is 26.2 Å². The van der Waals surface area contributed by atoms with Gasteiger partial charge in [0, 0.05) is 20.3 Å². The molecule has 0 saturated heterocycles. The molecule has 0 aromatic carbocycles. The van der Waals surface area contributed by atoms with Crippen molar-refractivity contribution in [2.75, 3.05) is 34.9 Å². The third-order valence-electron chi connectivity index (χ3n) is 2.49. The lowest BCUT2D eigenvalue weighted by molar-refractivity contribution is -0.140. The number of hydrogen-bond donors (Lipinski definition) is 1. The van der Waals surface area contributed by atoms with E-state index >= 15 is 0 Å². The second kappa shape index (κ2) is 12.0. The van der Waals surface area contributed by atoms with Crippen LogP contribution in [0.25, 0.3) is 0 Å². The summed E-state index contributed by atoms with van der Waals surface area (Å²) in [5.74, 6) is 0.808. The number of ether oxygens (including phenoxy) is 1. The normalized spacial score (nSPS) is 21.4. The molecule has 122 valence electrons. The monoisotopic (exact) mass is 300 g/mol. The lowest BCUT2D eigenvalue weighted by Crippen LogP contribution is -2.27. The molecule has 1 saturated carbocycles. The minimum absolute atomic E-state index is 0.470. The summed E-state index contributed by atoms with van der Waals surface area (Å²) in [6.07, 6.45) is 0.358. The molecule has 0 aliphatic heterocycles. The summed E-state index contributed by atoms with van der Waals surface area (Å²) in [6, 6.07) is 0.470. The molecule has 1 amide bonds. The second-order valence-corrected chi connectivity index (χ2v) is 5.16. The van der Waals surface area contributed by atoms with Gasteiger partial charge in [-0.3, -0.25) is 4.79 Å². The number of amides is 1. The summed E-state index contributed by atoms with van der Waals surface area (Å²) in [7, 11) is 6.01. The lowest BCUT2D eigenvalue weighted by atomic mass is 10.1. The predicted octanol–water partition coefficient (Wildman–Crippen LogP) is 2.29. The molecule has 2 unspecified atom stereocenters. The highest BCUT2D eigenvalue weighted by Crippen LogP contribution is 2.23. The number of rotatable bonds is 3. The Labute approximate surface area is 119 Å². The quantitative estimate of drug-likeness (QED) is 0.813. The Morgan fingerprint density at radius 1 is 1.30 bits per heavy atom. The maximum absolute atomic E-state index is 11.3. The standard InChI is InChI=1S/C7H13NO.C4H8F3N.C2H6O/c1-6-2-3-7(4-6)8-5-9;1-8(2)3-4(5,6)7;1-3-2/h5-7H,2-4H2,1H3,(H,8,9);3H2,1-2H3;1-2H3. The fourth-order valence-electron chi connectivity index (χ4n) is 1.81. The van der Waals surface area contributed by atoms with Crippen LogP contribution in [-0.4, -0.2) is 58.4 Å². The molecule has 0 aromatic heterocycles. The van der Waals surface area contributed by atoms with E-state index in [0.717, 1.165) is 17.2 Å². The maximum atomic E-state index is 11.3. The molecule has 1 aliphatic carbocycles. The van der Waals surface area contributed by atoms with Gasteiger partial charge in [0.25, 0.3) is 0 Å². The Kier molecular flexibility index (Phi) is 12.8. The Bertz CT molecular complexity index is 236. The first-order valence-corrected chi connectivity index (χ1v) is 6.47. The molecule has 0 bridgehead atoms. The zero-order chi connectivity index (χ0) is 16.2. The smallest absolute Gasteiger partial charge is 0.388 e. The van der Waals surface area contributed by atoms with Crippen molar-refractivity contribution < 1.29 is 22.7 Å². The van der Waals surface area contributed by atoms with E-state index < -0.39 is 12.7 Å². The third kappa shape index (κ3) is 17.2. The van der Waals surface area contributed by atoms with Gasteiger partial charge in [-0.1, -0.05) is 6.92 Å². The molecule has 7 heteroatoms. The molecule has 1 N–H and O–H groups in total. The SMILES string of the molecule is CC1CCC(NC=O)C1.CN(C)CC(F)(F)F.COC. The Morgan fingerprint density at radius 3 is 2.00 bits per heavy atom. The van der Waals surface area contributed by atoms with Crippen molar-refractivity contribution in [3.8, 4) is 0 Å². The molecular formula is C13H27F3N2O2. The number of halogens is 3. The van der Waals surface area contributed by atoms with E-state index in [4.69, 9.17) is 0 Å². The molecule has 2 atom stereocenters. The highest BCUT2D eigenvalue weighted by Gasteiger charge is 2.27. The van der Waals surface area contributed by atoms with Crippen LogP contribution in [0.5, 0.6) is 0 Å². The van der Waals surface area contributed by atoms with Gasteiger partial charge in [0.15, 0.2) is 0 Å². The van der Waals surface area contributed by atoms with Crippen LogP contribution in [0.3, 0.4) is 0 Å². The van der Waals surface area contributed by atoms with E-state index in [-0.39, 0.29) is 0 Å². The molecular weight excluding hydrogens is 273 g/mol. The van der Waals surface area contributed by atoms with Crippen molar-refractivity contribution in [2.45, 2.75) is 38.4 Å². The van der Waals surface area contributed by atoms with Crippen molar-refractivity contribution in [1.29, 1.82) is 0 Å². The fraction of sp³-hybridized carbons (Fsp3) is 0.923. The van der Waals surface area contributed by atoms with Crippen molar-refractivity contribution in [1.82, 2.24) is 10.2 Å². The van der Waals surface area contributed by atoms with E-state index in [1.165, 1.54) is 33.4 Å². The average molecular weight is 300 g/mol. The zero-order valence-corrected chi connectivity index (χ0v) is 13.0. The van der Waals surface area contributed by atoms with Crippen molar-refractivity contribution >= 4 is 6.41 Å². The fourth-order valence-corrected chi connectivity index (χ4v) is 1.81. The van der Waals surface area contributed by atoms with Crippen LogP contribution in [0, 0.1) is 5.92 Å². The molecule has 1 fully saturated rings. The first-order chi connectivity index (χ1) is 9.16. The molecule has 0 radical (unpaired) electrons. The number of carbonyl (C=O) groups is 1. The van der Waals surface area contributed by atoms with Crippen LogP contribution < -0.4 is 5.32 Å². The summed E-state index contributed by atoms with van der Waals surface area (Å²) in [5.41, 5.74) is 0. The number of methoxy groups -OCH3 is 1. The molecule has 0 aromatic rings. The minimum Gasteiger partial charge on any atom is -0.388 e. The maximum Gasteiger partial charge on any atom is 0.401 e. The molecule has 4 nitrogen and oxygen atoms in total. The molecule has 1 rings (SSSR count). The first-order valence-electron chi connectivity index (χ1n) is 6.47. The number of hydrogen-bond acceptors (Lipinski definition) is 3. The lowest BCUT2D eigenvalue weighted by Gasteiger charge is -2.11. The van der Waals surface area contributed by atoms with Crippen LogP contribution in [0.4, 0.5) is 13.2 Å². The summed E-state index contributed by atoms with van der Waals surface area (Å²) in [4.78, 5) is 11.0. The number of nitrogens with one attached hydrogen (secondary N) is 1. The van der Waals surface area contributed by atoms with Gasteiger partial charge < -0.3 is 15.0 Å². The average Bonchev–Trinajstić information content (AvgIpc) is 2.63. The highest BCUT2D eigenvalue weighted by atomic mass is 19.4. The van der Waals surface area contributed by atoms with Crippen LogP contribution in [0.15, 0.2) is 0 Å². The van der Waals surface area contributed by atoms with E-state index in [1.807, 2.05) is 0 Å². The van der Waals surface area contributed by atoms with E-state index in [9.17, 15) is 18.0 Å². The van der Waals surface area contributed by atoms with E-state index in [0.29, 0.717) is 6.04 Å². The molecule has 1 aliphatic rings. The number of nitrogens with zero attached hydrogens (tertiary/aromatic N) is 1. The van der Waals surface area contributed by atoms with Gasteiger partial charge in [-0.05, 0) is 39.3 Å². The van der Waals surface area contributed by atoms with Gasteiger partial charge in [0.2, 0.25) is 6.41 Å². The summed E-state index contributed by atoms with van der Waals surface area (Å²) in [5, 5.41) is 2.79. The van der Waals surface area contributed by atoms with Gasteiger partial charge in [0.05, 0.1) is 6.54 Å². The van der Waals surface area contributed by atoms with Gasteiger partial charge in [-0.2, -0.15) is 13.2 Å². The van der Waals surface area contributed by atoms with Crippen molar-refractivity contribution in [3.63, 3.8) is 0 Å². The van der Waals surface area contributed by atoms with E-state index in [2.05, 4.69) is 17.0 Å². The largest absolute Gasteiger partial charge is 0.401 e. The summed E-state index contributed by atoms with van der Waals surface area (Å²) in [6.45, 7) is 1.39. The van der Waals surface area contributed by atoms with Gasteiger partial charge >= 0.3 is 6.18 Å². The Morgan fingerprint density at radius 2 is 1.80 bits per heavy atom. The third-order valence-corrected chi connectivity index (χ3v) is 2.49. The van der Waals surface area contributed by atoms with Gasteiger partial charge in [-0.25, -0.2) is 0 Å². The summed E-state index contributed by atoms with van der Waals surface area (Å²) < 4.78 is 38.0.